The third kappa shape index (κ3) is 4.08. The van der Waals surface area contributed by atoms with Crippen molar-refractivity contribution in [3.8, 4) is 16.9 Å². The van der Waals surface area contributed by atoms with Crippen LogP contribution in [-0.4, -0.2) is 30.7 Å². The molecule has 1 aromatic heterocycles. The third-order valence-corrected chi connectivity index (χ3v) is 4.63. The maximum Gasteiger partial charge on any atom is 0.253 e. The van der Waals surface area contributed by atoms with Gasteiger partial charge in [0.15, 0.2) is 0 Å². The molecule has 0 atom stereocenters. The number of nitrogens with zero attached hydrogens (tertiary/aromatic N) is 1. The molecule has 146 valence electrons. The van der Waals surface area contributed by atoms with E-state index in [9.17, 15) is 13.6 Å². The summed E-state index contributed by atoms with van der Waals surface area (Å²) in [6, 6.07) is 12.0. The van der Waals surface area contributed by atoms with Gasteiger partial charge in [-0.2, -0.15) is 0 Å². The average Bonchev–Trinajstić information content (AvgIpc) is 3.00. The van der Waals surface area contributed by atoms with Crippen LogP contribution in [0.4, 0.5) is 8.78 Å². The van der Waals surface area contributed by atoms with Crippen LogP contribution in [0.25, 0.3) is 16.9 Å². The van der Waals surface area contributed by atoms with E-state index in [1.165, 1.54) is 12.1 Å². The van der Waals surface area contributed by atoms with E-state index >= 15 is 0 Å². The lowest BCUT2D eigenvalue weighted by atomic mass is 10.1. The van der Waals surface area contributed by atoms with Crippen molar-refractivity contribution in [3.63, 3.8) is 0 Å². The molecule has 3 rings (SSSR count). The number of carbonyl (C=O) groups excluding carboxylic acids is 1. The highest BCUT2D eigenvalue weighted by Crippen LogP contribution is 2.31. The molecule has 0 saturated heterocycles. The van der Waals surface area contributed by atoms with Gasteiger partial charge in [0.1, 0.15) is 11.6 Å². The highest BCUT2D eigenvalue weighted by Gasteiger charge is 2.21. The summed E-state index contributed by atoms with van der Waals surface area (Å²) in [6.07, 6.45) is 0. The van der Waals surface area contributed by atoms with Crippen LogP contribution in [0.2, 0.25) is 5.02 Å². The zero-order chi connectivity index (χ0) is 20.3. The largest absolute Gasteiger partial charge is 0.383 e. The number of hydrogen-bond donors (Lipinski definition) is 1. The standard InChI is InChI=1S/C21H19ClF2N2O2/c1-13-17(21(27)25-9-10-28-2)12-20(14-3-5-15(22)6-4-14)26(13)19-8-7-16(23)11-18(19)24/h3-8,11-12H,9-10H2,1-2H3,(H,25,27). The molecule has 0 fully saturated rings. The Kier molecular flexibility index (Phi) is 6.11. The third-order valence-electron chi connectivity index (χ3n) is 4.37. The predicted molar refractivity (Wildman–Crippen MR) is 105 cm³/mol. The first-order valence-electron chi connectivity index (χ1n) is 8.63. The van der Waals surface area contributed by atoms with Gasteiger partial charge in [0.25, 0.3) is 5.91 Å². The molecule has 1 N–H and O–H groups in total. The summed E-state index contributed by atoms with van der Waals surface area (Å²) in [6.45, 7) is 2.44. The van der Waals surface area contributed by atoms with Gasteiger partial charge >= 0.3 is 0 Å². The van der Waals surface area contributed by atoms with Gasteiger partial charge < -0.3 is 14.6 Å². The van der Waals surface area contributed by atoms with E-state index in [-0.39, 0.29) is 11.6 Å². The predicted octanol–water partition coefficient (Wildman–Crippen LogP) is 4.76. The van der Waals surface area contributed by atoms with Crippen molar-refractivity contribution in [3.05, 3.63) is 76.4 Å². The molecule has 28 heavy (non-hydrogen) atoms. The van der Waals surface area contributed by atoms with Crippen molar-refractivity contribution in [1.29, 1.82) is 0 Å². The number of aromatic nitrogens is 1. The summed E-state index contributed by atoms with van der Waals surface area (Å²) in [5.74, 6) is -1.69. The number of carbonyl (C=O) groups is 1. The topological polar surface area (TPSA) is 43.3 Å². The van der Waals surface area contributed by atoms with Crippen molar-refractivity contribution in [2.45, 2.75) is 6.92 Å². The second-order valence-corrected chi connectivity index (χ2v) is 6.65. The van der Waals surface area contributed by atoms with E-state index in [1.807, 2.05) is 0 Å². The second-order valence-electron chi connectivity index (χ2n) is 6.22. The zero-order valence-corrected chi connectivity index (χ0v) is 16.2. The Labute approximate surface area is 166 Å². The van der Waals surface area contributed by atoms with Gasteiger partial charge in [0.2, 0.25) is 0 Å². The minimum absolute atomic E-state index is 0.153. The van der Waals surface area contributed by atoms with E-state index in [1.54, 1.807) is 48.9 Å². The number of nitrogens with one attached hydrogen (secondary N) is 1. The summed E-state index contributed by atoms with van der Waals surface area (Å²) in [4.78, 5) is 12.6. The summed E-state index contributed by atoms with van der Waals surface area (Å²) in [5, 5.41) is 3.32. The number of rotatable bonds is 6. The van der Waals surface area contributed by atoms with Crippen LogP contribution in [0.3, 0.4) is 0 Å². The number of hydrogen-bond acceptors (Lipinski definition) is 2. The lowest BCUT2D eigenvalue weighted by Gasteiger charge is -2.13. The normalized spacial score (nSPS) is 10.9. The van der Waals surface area contributed by atoms with Crippen molar-refractivity contribution in [2.24, 2.45) is 0 Å². The van der Waals surface area contributed by atoms with Crippen LogP contribution in [-0.2, 0) is 4.74 Å². The van der Waals surface area contributed by atoms with Crippen molar-refractivity contribution >= 4 is 17.5 Å². The molecule has 4 nitrogen and oxygen atoms in total. The maximum absolute atomic E-state index is 14.5. The van der Waals surface area contributed by atoms with Gasteiger partial charge in [-0.1, -0.05) is 23.7 Å². The molecule has 1 heterocycles. The number of methoxy groups -OCH3 is 1. The molecule has 0 aliphatic carbocycles. The van der Waals surface area contributed by atoms with Gasteiger partial charge in [-0.3, -0.25) is 4.79 Å². The molecule has 0 aliphatic rings. The fourth-order valence-electron chi connectivity index (χ4n) is 3.00. The van der Waals surface area contributed by atoms with E-state index in [0.29, 0.717) is 35.1 Å². The molecule has 0 bridgehead atoms. The Morgan fingerprint density at radius 3 is 2.50 bits per heavy atom. The molecule has 7 heteroatoms. The number of halogens is 3. The van der Waals surface area contributed by atoms with Crippen LogP contribution >= 0.6 is 11.6 Å². The van der Waals surface area contributed by atoms with Gasteiger partial charge in [-0.05, 0) is 42.8 Å². The monoisotopic (exact) mass is 404 g/mol. The highest BCUT2D eigenvalue weighted by molar-refractivity contribution is 6.30. The van der Waals surface area contributed by atoms with Gasteiger partial charge in [0.05, 0.1) is 23.6 Å². The van der Waals surface area contributed by atoms with E-state index in [4.69, 9.17) is 16.3 Å². The van der Waals surface area contributed by atoms with Crippen LogP contribution in [0.1, 0.15) is 16.1 Å². The number of amides is 1. The first-order valence-corrected chi connectivity index (χ1v) is 9.01. The van der Waals surface area contributed by atoms with Gasteiger partial charge in [-0.15, -0.1) is 0 Å². The summed E-state index contributed by atoms with van der Waals surface area (Å²) in [5.41, 5.74) is 2.42. The number of ether oxygens (including phenoxy) is 1. The van der Waals surface area contributed by atoms with Gasteiger partial charge in [0, 0.05) is 30.4 Å². The maximum atomic E-state index is 14.5. The molecule has 2 aromatic carbocycles. The fraction of sp³-hybridized carbons (Fsp3) is 0.190. The van der Waals surface area contributed by atoms with Gasteiger partial charge in [-0.25, -0.2) is 8.78 Å². The summed E-state index contributed by atoms with van der Waals surface area (Å²) < 4.78 is 34.5. The van der Waals surface area contributed by atoms with E-state index in [2.05, 4.69) is 5.32 Å². The Morgan fingerprint density at radius 2 is 1.86 bits per heavy atom. The molecule has 0 spiro atoms. The SMILES string of the molecule is COCCNC(=O)c1cc(-c2ccc(Cl)cc2)n(-c2ccc(F)cc2F)c1C. The Hall–Kier alpha value is -2.70. The Bertz CT molecular complexity index is 1000. The molecule has 0 unspecified atom stereocenters. The van der Waals surface area contributed by atoms with Crippen LogP contribution < -0.4 is 5.32 Å². The molecule has 0 saturated carbocycles. The number of benzene rings is 2. The fourth-order valence-corrected chi connectivity index (χ4v) is 3.13. The van der Waals surface area contributed by atoms with Crippen LogP contribution in [0.5, 0.6) is 0 Å². The van der Waals surface area contributed by atoms with Crippen molar-refractivity contribution in [1.82, 2.24) is 9.88 Å². The van der Waals surface area contributed by atoms with Crippen LogP contribution in [0.15, 0.2) is 48.5 Å². The quantitative estimate of drug-likeness (QED) is 0.602. The minimum atomic E-state index is -0.722. The van der Waals surface area contributed by atoms with Crippen LogP contribution in [0, 0.1) is 18.6 Å². The first-order chi connectivity index (χ1) is 13.4. The second kappa shape index (κ2) is 8.54. The Morgan fingerprint density at radius 1 is 1.14 bits per heavy atom. The van der Waals surface area contributed by atoms with E-state index < -0.39 is 11.6 Å². The zero-order valence-electron chi connectivity index (χ0n) is 15.4. The lowest BCUT2D eigenvalue weighted by Crippen LogP contribution is -2.27. The average molecular weight is 405 g/mol. The summed E-state index contributed by atoms with van der Waals surface area (Å²) >= 11 is 5.97. The smallest absolute Gasteiger partial charge is 0.253 e. The Balaban J connectivity index is 2.15. The molecule has 1 amide bonds. The van der Waals surface area contributed by atoms with Crippen molar-refractivity contribution in [2.75, 3.05) is 20.3 Å². The molecule has 3 aromatic rings. The molecular formula is C21H19ClF2N2O2. The first kappa shape index (κ1) is 20.0. The molecular weight excluding hydrogens is 386 g/mol. The van der Waals surface area contributed by atoms with Crippen molar-refractivity contribution < 1.29 is 18.3 Å². The lowest BCUT2D eigenvalue weighted by molar-refractivity contribution is 0.0936. The summed E-state index contributed by atoms with van der Waals surface area (Å²) in [7, 11) is 1.55. The molecule has 0 aliphatic heterocycles. The molecule has 0 radical (unpaired) electrons. The highest BCUT2D eigenvalue weighted by atomic mass is 35.5. The minimum Gasteiger partial charge on any atom is -0.383 e. The van der Waals surface area contributed by atoms with E-state index in [0.717, 1.165) is 11.6 Å².